The molecule has 0 bridgehead atoms. The Kier molecular flexibility index (Phi) is 5.99. The van der Waals surface area contributed by atoms with Gasteiger partial charge in [-0.3, -0.25) is 4.79 Å². The Morgan fingerprint density at radius 3 is 2.88 bits per heavy atom. The molecular formula is C21H25NO3S. The fraction of sp³-hybridized carbons (Fsp3) is 0.381. The predicted molar refractivity (Wildman–Crippen MR) is 106 cm³/mol. The summed E-state index contributed by atoms with van der Waals surface area (Å²) in [6, 6.07) is 8.03. The Morgan fingerprint density at radius 1 is 1.31 bits per heavy atom. The number of thiophene rings is 1. The van der Waals surface area contributed by atoms with Crippen molar-refractivity contribution in [2.24, 2.45) is 0 Å². The summed E-state index contributed by atoms with van der Waals surface area (Å²) in [5.41, 5.74) is 2.23. The highest BCUT2D eigenvalue weighted by Crippen LogP contribution is 2.35. The predicted octanol–water partition coefficient (Wildman–Crippen LogP) is 4.70. The first-order valence-electron chi connectivity index (χ1n) is 9.03. The molecular weight excluding hydrogens is 346 g/mol. The van der Waals surface area contributed by atoms with Crippen LogP contribution in [0.5, 0.6) is 11.5 Å². The smallest absolute Gasteiger partial charge is 0.247 e. The molecule has 26 heavy (non-hydrogen) atoms. The third kappa shape index (κ3) is 3.78. The van der Waals surface area contributed by atoms with Gasteiger partial charge in [0.15, 0.2) is 11.5 Å². The molecule has 0 aliphatic carbocycles. The van der Waals surface area contributed by atoms with Gasteiger partial charge < -0.3 is 14.4 Å². The minimum absolute atomic E-state index is 0.0570. The van der Waals surface area contributed by atoms with Crippen LogP contribution in [0.2, 0.25) is 0 Å². The molecule has 0 saturated heterocycles. The fourth-order valence-electron chi connectivity index (χ4n) is 3.43. The molecule has 1 amide bonds. The first-order chi connectivity index (χ1) is 12.7. The highest BCUT2D eigenvalue weighted by molar-refractivity contribution is 7.10. The third-order valence-electron chi connectivity index (χ3n) is 4.67. The van der Waals surface area contributed by atoms with Crippen molar-refractivity contribution in [3.63, 3.8) is 0 Å². The second-order valence-corrected chi connectivity index (χ2v) is 7.18. The van der Waals surface area contributed by atoms with Crippen LogP contribution in [0.4, 0.5) is 0 Å². The van der Waals surface area contributed by atoms with Gasteiger partial charge in [0.25, 0.3) is 0 Å². The molecule has 3 rings (SSSR count). The highest BCUT2D eigenvalue weighted by Gasteiger charge is 2.29. The number of hydrogen-bond acceptors (Lipinski definition) is 4. The number of ether oxygens (including phenoxy) is 2. The minimum Gasteiger partial charge on any atom is -0.493 e. The van der Waals surface area contributed by atoms with Gasteiger partial charge in [-0.1, -0.05) is 13.0 Å². The molecule has 1 aliphatic heterocycles. The number of amides is 1. The summed E-state index contributed by atoms with van der Waals surface area (Å²) in [6.45, 7) is 5.44. The zero-order valence-electron chi connectivity index (χ0n) is 15.5. The molecule has 2 aromatic rings. The van der Waals surface area contributed by atoms with E-state index >= 15 is 0 Å². The summed E-state index contributed by atoms with van der Waals surface area (Å²) in [4.78, 5) is 16.2. The van der Waals surface area contributed by atoms with Crippen molar-refractivity contribution in [2.45, 2.75) is 32.7 Å². The van der Waals surface area contributed by atoms with E-state index in [-0.39, 0.29) is 11.9 Å². The molecule has 1 aliphatic rings. The van der Waals surface area contributed by atoms with Crippen LogP contribution in [0.25, 0.3) is 6.08 Å². The standard InChI is InChI=1S/C21H25NO3S/c1-4-17-16-11-13-26-20(16)10-12-22(17)21(23)9-7-15-6-8-18(25-5-2)19(14-15)24-3/h6-9,11,13-14,17H,4-5,10,12H2,1-3H3/b9-7+. The van der Waals surface area contributed by atoms with E-state index in [1.165, 1.54) is 10.4 Å². The SMILES string of the molecule is CCOc1ccc(/C=C/C(=O)N2CCc3sccc3C2CC)cc1OC. The average Bonchev–Trinajstić information content (AvgIpc) is 3.15. The number of hydrogen-bond donors (Lipinski definition) is 0. The lowest BCUT2D eigenvalue weighted by Gasteiger charge is -2.34. The molecule has 1 unspecified atom stereocenters. The lowest BCUT2D eigenvalue weighted by molar-refractivity contribution is -0.128. The number of benzene rings is 1. The van der Waals surface area contributed by atoms with Gasteiger partial charge in [0, 0.05) is 17.5 Å². The molecule has 4 nitrogen and oxygen atoms in total. The van der Waals surface area contributed by atoms with Gasteiger partial charge in [0.2, 0.25) is 5.91 Å². The van der Waals surface area contributed by atoms with Gasteiger partial charge >= 0.3 is 0 Å². The van der Waals surface area contributed by atoms with E-state index in [4.69, 9.17) is 9.47 Å². The van der Waals surface area contributed by atoms with Gasteiger partial charge in [-0.2, -0.15) is 0 Å². The number of rotatable bonds is 6. The Morgan fingerprint density at radius 2 is 2.15 bits per heavy atom. The van der Waals surface area contributed by atoms with Crippen LogP contribution in [0.1, 0.15) is 42.3 Å². The monoisotopic (exact) mass is 371 g/mol. The van der Waals surface area contributed by atoms with Crippen molar-refractivity contribution >= 4 is 23.3 Å². The molecule has 1 atom stereocenters. The van der Waals surface area contributed by atoms with Gasteiger partial charge in [0.05, 0.1) is 19.8 Å². The number of carbonyl (C=O) groups is 1. The van der Waals surface area contributed by atoms with Crippen molar-refractivity contribution in [2.75, 3.05) is 20.3 Å². The van der Waals surface area contributed by atoms with Crippen LogP contribution in [0.3, 0.4) is 0 Å². The van der Waals surface area contributed by atoms with E-state index in [1.54, 1.807) is 24.5 Å². The number of carbonyl (C=O) groups excluding carboxylic acids is 1. The molecule has 1 aromatic heterocycles. The van der Waals surface area contributed by atoms with Crippen LogP contribution in [0.15, 0.2) is 35.7 Å². The van der Waals surface area contributed by atoms with Crippen LogP contribution in [-0.2, 0) is 11.2 Å². The van der Waals surface area contributed by atoms with Crippen LogP contribution in [0, 0.1) is 0 Å². The summed E-state index contributed by atoms with van der Waals surface area (Å²) < 4.78 is 10.9. The zero-order chi connectivity index (χ0) is 18.5. The number of nitrogens with zero attached hydrogens (tertiary/aromatic N) is 1. The molecule has 0 N–H and O–H groups in total. The molecule has 5 heteroatoms. The molecule has 0 spiro atoms. The van der Waals surface area contributed by atoms with E-state index in [1.807, 2.05) is 36.1 Å². The molecule has 0 saturated carbocycles. The van der Waals surface area contributed by atoms with Crippen molar-refractivity contribution in [1.29, 1.82) is 0 Å². The second kappa shape index (κ2) is 8.41. The first kappa shape index (κ1) is 18.5. The first-order valence-corrected chi connectivity index (χ1v) is 9.91. The van der Waals surface area contributed by atoms with Crippen molar-refractivity contribution in [3.8, 4) is 11.5 Å². The summed E-state index contributed by atoms with van der Waals surface area (Å²) in [6.07, 6.45) is 5.38. The molecule has 2 heterocycles. The third-order valence-corrected chi connectivity index (χ3v) is 5.67. The van der Waals surface area contributed by atoms with Crippen molar-refractivity contribution in [1.82, 2.24) is 4.90 Å². The molecule has 138 valence electrons. The van der Waals surface area contributed by atoms with Crippen LogP contribution in [-0.4, -0.2) is 31.1 Å². The molecule has 1 aromatic carbocycles. The number of fused-ring (bicyclic) bond motifs is 1. The summed E-state index contributed by atoms with van der Waals surface area (Å²) in [7, 11) is 1.62. The van der Waals surface area contributed by atoms with Gasteiger partial charge in [-0.25, -0.2) is 0 Å². The zero-order valence-corrected chi connectivity index (χ0v) is 16.3. The largest absolute Gasteiger partial charge is 0.493 e. The van der Waals surface area contributed by atoms with E-state index in [0.717, 1.165) is 24.9 Å². The lowest BCUT2D eigenvalue weighted by Crippen LogP contribution is -2.38. The topological polar surface area (TPSA) is 38.8 Å². The van der Waals surface area contributed by atoms with Gasteiger partial charge in [-0.05, 0) is 60.5 Å². The Labute approximate surface area is 159 Å². The maximum atomic E-state index is 12.8. The fourth-order valence-corrected chi connectivity index (χ4v) is 4.35. The number of methoxy groups -OCH3 is 1. The van der Waals surface area contributed by atoms with Crippen molar-refractivity contribution in [3.05, 3.63) is 51.7 Å². The molecule has 0 radical (unpaired) electrons. The van der Waals surface area contributed by atoms with E-state index in [2.05, 4.69) is 18.4 Å². The summed E-state index contributed by atoms with van der Waals surface area (Å²) >= 11 is 1.80. The van der Waals surface area contributed by atoms with Gasteiger partial charge in [0.1, 0.15) is 0 Å². The summed E-state index contributed by atoms with van der Waals surface area (Å²) in [5, 5.41) is 2.13. The maximum absolute atomic E-state index is 12.8. The Balaban J connectivity index is 1.75. The normalized spacial score (nSPS) is 16.6. The van der Waals surface area contributed by atoms with Crippen molar-refractivity contribution < 1.29 is 14.3 Å². The molecule has 0 fully saturated rings. The van der Waals surface area contributed by atoms with Crippen LogP contribution >= 0.6 is 11.3 Å². The van der Waals surface area contributed by atoms with E-state index in [9.17, 15) is 4.79 Å². The minimum atomic E-state index is 0.0570. The quantitative estimate of drug-likeness (QED) is 0.691. The lowest BCUT2D eigenvalue weighted by atomic mass is 9.97. The maximum Gasteiger partial charge on any atom is 0.247 e. The summed E-state index contributed by atoms with van der Waals surface area (Å²) in [5.74, 6) is 1.45. The van der Waals surface area contributed by atoms with Crippen LogP contribution < -0.4 is 9.47 Å². The second-order valence-electron chi connectivity index (χ2n) is 6.18. The van der Waals surface area contributed by atoms with Gasteiger partial charge in [-0.15, -0.1) is 11.3 Å². The average molecular weight is 372 g/mol. The Bertz CT molecular complexity index is 796. The highest BCUT2D eigenvalue weighted by atomic mass is 32.1. The van der Waals surface area contributed by atoms with E-state index in [0.29, 0.717) is 18.1 Å². The van der Waals surface area contributed by atoms with E-state index < -0.39 is 0 Å². The Hall–Kier alpha value is -2.27.